The van der Waals surface area contributed by atoms with Crippen LogP contribution in [0.3, 0.4) is 0 Å². The minimum atomic E-state index is -3.94. The molecule has 0 amide bonds. The molecule has 10 heteroatoms. The lowest BCUT2D eigenvalue weighted by Crippen LogP contribution is -2.44. The molecular formula is C14H20ClF3N2O3S. The van der Waals surface area contributed by atoms with Crippen molar-refractivity contribution in [2.45, 2.75) is 37.3 Å². The van der Waals surface area contributed by atoms with Crippen molar-refractivity contribution < 1.29 is 26.3 Å². The number of ether oxygens (including phenoxy) is 1. The third-order valence-electron chi connectivity index (χ3n) is 3.81. The van der Waals surface area contributed by atoms with Gasteiger partial charge in [-0.2, -0.15) is 8.78 Å². The molecule has 1 aliphatic rings. The first-order valence-corrected chi connectivity index (χ1v) is 8.75. The monoisotopic (exact) mass is 388 g/mol. The summed E-state index contributed by atoms with van der Waals surface area (Å²) in [5, 5.41) is 3.19. The van der Waals surface area contributed by atoms with Crippen molar-refractivity contribution >= 4 is 22.4 Å². The van der Waals surface area contributed by atoms with E-state index in [0.717, 1.165) is 31.5 Å². The Morgan fingerprint density at radius 2 is 2.08 bits per heavy atom. The zero-order chi connectivity index (χ0) is 17.0. The highest BCUT2D eigenvalue weighted by Crippen LogP contribution is 2.23. The summed E-state index contributed by atoms with van der Waals surface area (Å²) in [6.07, 6.45) is 1.86. The number of hydrogen-bond donors (Lipinski definition) is 2. The van der Waals surface area contributed by atoms with Crippen molar-refractivity contribution in [2.24, 2.45) is 5.92 Å². The fourth-order valence-electron chi connectivity index (χ4n) is 2.55. The lowest BCUT2D eigenvalue weighted by Gasteiger charge is -2.28. The fraction of sp³-hybridized carbons (Fsp3) is 0.571. The van der Waals surface area contributed by atoms with Gasteiger partial charge < -0.3 is 10.1 Å². The van der Waals surface area contributed by atoms with Crippen LogP contribution in [0, 0.1) is 11.7 Å². The summed E-state index contributed by atoms with van der Waals surface area (Å²) in [5.74, 6) is -1.70. The second-order valence-electron chi connectivity index (χ2n) is 5.49. The van der Waals surface area contributed by atoms with E-state index >= 15 is 0 Å². The van der Waals surface area contributed by atoms with E-state index in [4.69, 9.17) is 0 Å². The standard InChI is InChI=1S/C14H19F3N2O3S.ClH/c1-9(10-3-2-6-18-8-10)19-23(20,21)11-4-5-13(12(15)7-11)22-14(16)17;/h4-5,7,9-10,14,18-19H,2-3,6,8H2,1H3;1H. The summed E-state index contributed by atoms with van der Waals surface area (Å²) >= 11 is 0. The summed E-state index contributed by atoms with van der Waals surface area (Å²) in [4.78, 5) is -0.327. The Bertz CT molecular complexity index is 640. The lowest BCUT2D eigenvalue weighted by atomic mass is 9.94. The second-order valence-corrected chi connectivity index (χ2v) is 7.20. The number of benzene rings is 1. The molecule has 138 valence electrons. The van der Waals surface area contributed by atoms with Crippen LogP contribution in [-0.2, 0) is 10.0 Å². The normalized spacial score (nSPS) is 19.6. The van der Waals surface area contributed by atoms with Crippen LogP contribution in [0.1, 0.15) is 19.8 Å². The van der Waals surface area contributed by atoms with Crippen LogP contribution < -0.4 is 14.8 Å². The number of piperidine rings is 1. The van der Waals surface area contributed by atoms with Crippen molar-refractivity contribution in [1.82, 2.24) is 10.0 Å². The minimum Gasteiger partial charge on any atom is -0.432 e. The quantitative estimate of drug-likeness (QED) is 0.785. The number of sulfonamides is 1. The predicted octanol–water partition coefficient (Wildman–Crippen LogP) is 2.52. The molecule has 1 aromatic rings. The second kappa shape index (κ2) is 8.89. The van der Waals surface area contributed by atoms with Crippen LogP contribution >= 0.6 is 12.4 Å². The van der Waals surface area contributed by atoms with Gasteiger partial charge in [0, 0.05) is 6.04 Å². The molecule has 2 atom stereocenters. The van der Waals surface area contributed by atoms with Crippen LogP contribution in [0.15, 0.2) is 23.1 Å². The highest BCUT2D eigenvalue weighted by Gasteiger charge is 2.26. The number of alkyl halides is 2. The lowest BCUT2D eigenvalue weighted by molar-refractivity contribution is -0.0522. The highest BCUT2D eigenvalue weighted by molar-refractivity contribution is 7.89. The Hall–Kier alpha value is -1.03. The first kappa shape index (κ1) is 21.0. The molecule has 2 unspecified atom stereocenters. The fourth-order valence-corrected chi connectivity index (χ4v) is 3.88. The van der Waals surface area contributed by atoms with Crippen molar-refractivity contribution in [3.8, 4) is 5.75 Å². The van der Waals surface area contributed by atoms with Crippen LogP contribution in [0.2, 0.25) is 0 Å². The Morgan fingerprint density at radius 3 is 2.62 bits per heavy atom. The Labute approximate surface area is 145 Å². The summed E-state index contributed by atoms with van der Waals surface area (Å²) in [6.45, 7) is 0.190. The van der Waals surface area contributed by atoms with Crippen molar-refractivity contribution in [3.63, 3.8) is 0 Å². The maximum Gasteiger partial charge on any atom is 0.387 e. The molecule has 0 saturated carbocycles. The average molecular weight is 389 g/mol. The van der Waals surface area contributed by atoms with Gasteiger partial charge in [-0.3, -0.25) is 0 Å². The largest absolute Gasteiger partial charge is 0.432 e. The molecule has 0 radical (unpaired) electrons. The molecule has 0 aromatic heterocycles. The smallest absolute Gasteiger partial charge is 0.387 e. The first-order chi connectivity index (χ1) is 10.8. The van der Waals surface area contributed by atoms with Gasteiger partial charge in [-0.05, 0) is 57.0 Å². The Morgan fingerprint density at radius 1 is 1.38 bits per heavy atom. The SMILES string of the molecule is CC(NS(=O)(=O)c1ccc(OC(F)F)c(F)c1)C1CCCNC1.Cl. The van der Waals surface area contributed by atoms with Gasteiger partial charge in [-0.1, -0.05) is 0 Å². The third kappa shape index (κ3) is 5.51. The van der Waals surface area contributed by atoms with E-state index in [1.807, 2.05) is 0 Å². The van der Waals surface area contributed by atoms with E-state index in [0.29, 0.717) is 12.6 Å². The Kier molecular flexibility index (Phi) is 7.78. The molecule has 1 saturated heterocycles. The van der Waals surface area contributed by atoms with Crippen molar-refractivity contribution in [2.75, 3.05) is 13.1 Å². The van der Waals surface area contributed by atoms with Crippen LogP contribution in [0.5, 0.6) is 5.75 Å². The van der Waals surface area contributed by atoms with Gasteiger partial charge >= 0.3 is 6.61 Å². The molecule has 0 spiro atoms. The molecule has 0 bridgehead atoms. The molecule has 1 fully saturated rings. The zero-order valence-electron chi connectivity index (χ0n) is 13.0. The zero-order valence-corrected chi connectivity index (χ0v) is 14.6. The summed E-state index contributed by atoms with van der Waals surface area (Å²) < 4.78 is 68.9. The summed E-state index contributed by atoms with van der Waals surface area (Å²) in [7, 11) is -3.94. The first-order valence-electron chi connectivity index (χ1n) is 7.27. The van der Waals surface area contributed by atoms with Crippen LogP contribution in [0.4, 0.5) is 13.2 Å². The summed E-state index contributed by atoms with van der Waals surface area (Å²) in [6, 6.07) is 2.26. The van der Waals surface area contributed by atoms with E-state index in [-0.39, 0.29) is 29.3 Å². The van der Waals surface area contributed by atoms with E-state index < -0.39 is 28.2 Å². The molecule has 2 N–H and O–H groups in total. The molecular weight excluding hydrogens is 369 g/mol. The van der Waals surface area contributed by atoms with Gasteiger partial charge in [0.1, 0.15) is 0 Å². The van der Waals surface area contributed by atoms with Gasteiger partial charge in [0.05, 0.1) is 4.90 Å². The summed E-state index contributed by atoms with van der Waals surface area (Å²) in [5.41, 5.74) is 0. The number of rotatable bonds is 6. The molecule has 2 rings (SSSR count). The van der Waals surface area contributed by atoms with E-state index in [1.165, 1.54) is 0 Å². The van der Waals surface area contributed by atoms with E-state index in [1.54, 1.807) is 6.92 Å². The Balaban J connectivity index is 0.00000288. The number of nitrogens with one attached hydrogen (secondary N) is 2. The minimum absolute atomic E-state index is 0. The highest BCUT2D eigenvalue weighted by atomic mass is 35.5. The molecule has 1 aliphatic heterocycles. The number of hydrogen-bond acceptors (Lipinski definition) is 4. The van der Waals surface area contributed by atoms with Crippen LogP contribution in [0.25, 0.3) is 0 Å². The van der Waals surface area contributed by atoms with Gasteiger partial charge in [0.2, 0.25) is 10.0 Å². The van der Waals surface area contributed by atoms with E-state index in [2.05, 4.69) is 14.8 Å². The molecule has 1 heterocycles. The van der Waals surface area contributed by atoms with E-state index in [9.17, 15) is 21.6 Å². The topological polar surface area (TPSA) is 67.4 Å². The molecule has 24 heavy (non-hydrogen) atoms. The van der Waals surface area contributed by atoms with Gasteiger partial charge in [-0.25, -0.2) is 17.5 Å². The molecule has 5 nitrogen and oxygen atoms in total. The van der Waals surface area contributed by atoms with Gasteiger partial charge in [-0.15, -0.1) is 12.4 Å². The maximum absolute atomic E-state index is 13.7. The predicted molar refractivity (Wildman–Crippen MR) is 85.7 cm³/mol. The average Bonchev–Trinajstić information content (AvgIpc) is 2.49. The van der Waals surface area contributed by atoms with Crippen LogP contribution in [-0.4, -0.2) is 34.2 Å². The van der Waals surface area contributed by atoms with Gasteiger partial charge in [0.25, 0.3) is 0 Å². The van der Waals surface area contributed by atoms with Gasteiger partial charge in [0.15, 0.2) is 11.6 Å². The maximum atomic E-state index is 13.7. The third-order valence-corrected chi connectivity index (χ3v) is 5.37. The number of halogens is 4. The van der Waals surface area contributed by atoms with Crippen molar-refractivity contribution in [3.05, 3.63) is 24.0 Å². The molecule has 0 aliphatic carbocycles. The molecule has 1 aromatic carbocycles. The van der Waals surface area contributed by atoms with Crippen molar-refractivity contribution in [1.29, 1.82) is 0 Å².